The van der Waals surface area contributed by atoms with Gasteiger partial charge < -0.3 is 15.2 Å². The summed E-state index contributed by atoms with van der Waals surface area (Å²) in [5, 5.41) is 0. The molecule has 0 aromatic heterocycles. The predicted octanol–water partition coefficient (Wildman–Crippen LogP) is 4.16. The van der Waals surface area contributed by atoms with Crippen LogP contribution in [0.3, 0.4) is 0 Å². The van der Waals surface area contributed by atoms with Crippen LogP contribution in [0.2, 0.25) is 0 Å². The Morgan fingerprint density at radius 2 is 1.27 bits per heavy atom. The SMILES string of the molecule is NCCCCCc1cc(OC(F)(F)F)cc(OC(F)(F)F)c1. The second-order valence-electron chi connectivity index (χ2n) is 4.51. The first kappa shape index (κ1) is 18.4. The van der Waals surface area contributed by atoms with Gasteiger partial charge in [-0.25, -0.2) is 0 Å². The maximum Gasteiger partial charge on any atom is 0.573 e. The summed E-state index contributed by atoms with van der Waals surface area (Å²) < 4.78 is 80.5. The third-order valence-electron chi connectivity index (χ3n) is 2.58. The number of unbranched alkanes of at least 4 members (excludes halogenated alkanes) is 2. The van der Waals surface area contributed by atoms with Crippen molar-refractivity contribution in [1.82, 2.24) is 0 Å². The molecule has 0 amide bonds. The summed E-state index contributed by atoms with van der Waals surface area (Å²) in [4.78, 5) is 0. The number of aryl methyl sites for hydroxylation is 1. The number of ether oxygens (including phenoxy) is 2. The maximum absolute atomic E-state index is 12.2. The largest absolute Gasteiger partial charge is 0.573 e. The van der Waals surface area contributed by atoms with Crippen LogP contribution in [0, 0.1) is 0 Å². The number of halogens is 6. The number of benzene rings is 1. The van der Waals surface area contributed by atoms with Gasteiger partial charge in [-0.15, -0.1) is 26.3 Å². The Bertz CT molecular complexity index is 438. The van der Waals surface area contributed by atoms with E-state index in [-0.39, 0.29) is 5.56 Å². The van der Waals surface area contributed by atoms with Crippen molar-refractivity contribution in [3.8, 4) is 11.5 Å². The molecule has 0 saturated heterocycles. The molecule has 22 heavy (non-hydrogen) atoms. The molecule has 0 radical (unpaired) electrons. The van der Waals surface area contributed by atoms with Gasteiger partial charge >= 0.3 is 12.7 Å². The summed E-state index contributed by atoms with van der Waals surface area (Å²) in [5.74, 6) is -1.49. The molecular weight excluding hydrogens is 316 g/mol. The van der Waals surface area contributed by atoms with Crippen LogP contribution in [0.25, 0.3) is 0 Å². The summed E-state index contributed by atoms with van der Waals surface area (Å²) in [6.45, 7) is 0.472. The van der Waals surface area contributed by atoms with Gasteiger partial charge in [0.15, 0.2) is 0 Å². The van der Waals surface area contributed by atoms with Gasteiger partial charge in [0.05, 0.1) is 0 Å². The lowest BCUT2D eigenvalue weighted by Gasteiger charge is -2.14. The van der Waals surface area contributed by atoms with Crippen LogP contribution in [0.1, 0.15) is 24.8 Å². The van der Waals surface area contributed by atoms with E-state index in [0.29, 0.717) is 25.5 Å². The van der Waals surface area contributed by atoms with Crippen LogP contribution in [0.4, 0.5) is 26.3 Å². The van der Waals surface area contributed by atoms with Crippen molar-refractivity contribution < 1.29 is 35.8 Å². The number of nitrogens with two attached hydrogens (primary N) is 1. The molecule has 0 saturated carbocycles. The first-order valence-corrected chi connectivity index (χ1v) is 6.44. The number of alkyl halides is 6. The zero-order valence-electron chi connectivity index (χ0n) is 11.4. The Morgan fingerprint density at radius 3 is 1.68 bits per heavy atom. The van der Waals surface area contributed by atoms with Crippen molar-refractivity contribution in [1.29, 1.82) is 0 Å². The minimum atomic E-state index is -4.99. The predicted molar refractivity (Wildman–Crippen MR) is 66.4 cm³/mol. The molecule has 9 heteroatoms. The van der Waals surface area contributed by atoms with Gasteiger partial charge in [-0.3, -0.25) is 0 Å². The summed E-state index contributed by atoms with van der Waals surface area (Å²) in [6.07, 6.45) is -7.66. The highest BCUT2D eigenvalue weighted by Crippen LogP contribution is 2.31. The Morgan fingerprint density at radius 1 is 0.773 bits per heavy atom. The van der Waals surface area contributed by atoms with E-state index in [1.165, 1.54) is 0 Å². The molecule has 1 rings (SSSR count). The van der Waals surface area contributed by atoms with Gasteiger partial charge in [0.2, 0.25) is 0 Å². The van der Waals surface area contributed by atoms with Gasteiger partial charge in [0.25, 0.3) is 0 Å². The first-order valence-electron chi connectivity index (χ1n) is 6.44. The number of rotatable bonds is 7. The highest BCUT2D eigenvalue weighted by molar-refractivity contribution is 5.38. The minimum Gasteiger partial charge on any atom is -0.406 e. The molecule has 1 aromatic rings. The van der Waals surface area contributed by atoms with Crippen LogP contribution in [0.15, 0.2) is 18.2 Å². The number of hydrogen-bond acceptors (Lipinski definition) is 3. The Balaban J connectivity index is 2.89. The molecular formula is C13H15F6NO2. The smallest absolute Gasteiger partial charge is 0.406 e. The van der Waals surface area contributed by atoms with E-state index in [0.717, 1.165) is 25.0 Å². The Labute approximate surface area is 123 Å². The molecule has 126 valence electrons. The molecule has 0 spiro atoms. The lowest BCUT2D eigenvalue weighted by atomic mass is 10.1. The first-order chi connectivity index (χ1) is 10.1. The molecule has 3 nitrogen and oxygen atoms in total. The average Bonchev–Trinajstić information content (AvgIpc) is 2.30. The van der Waals surface area contributed by atoms with Crippen molar-refractivity contribution in [2.45, 2.75) is 38.4 Å². The second-order valence-corrected chi connectivity index (χ2v) is 4.51. The van der Waals surface area contributed by atoms with E-state index in [1.54, 1.807) is 0 Å². The topological polar surface area (TPSA) is 44.5 Å². The molecule has 0 heterocycles. The van der Waals surface area contributed by atoms with Crippen LogP contribution in [-0.4, -0.2) is 19.3 Å². The fourth-order valence-electron chi connectivity index (χ4n) is 1.81. The van der Waals surface area contributed by atoms with Gasteiger partial charge in [-0.2, -0.15) is 0 Å². The zero-order chi connectivity index (χ0) is 16.8. The molecule has 0 aliphatic rings. The molecule has 0 aliphatic heterocycles. The van der Waals surface area contributed by atoms with Gasteiger partial charge in [-0.1, -0.05) is 6.42 Å². The third-order valence-corrected chi connectivity index (χ3v) is 2.58. The molecule has 0 aliphatic carbocycles. The van der Waals surface area contributed by atoms with E-state index in [4.69, 9.17) is 5.73 Å². The zero-order valence-corrected chi connectivity index (χ0v) is 11.4. The standard InChI is InChI=1S/C13H15F6NO2/c14-12(15,16)21-10-6-9(4-2-1-3-5-20)7-11(8-10)22-13(17,18)19/h6-8H,1-5,20H2. The fourth-order valence-corrected chi connectivity index (χ4v) is 1.81. The van der Waals surface area contributed by atoms with Gasteiger partial charge in [0, 0.05) is 6.07 Å². The lowest BCUT2D eigenvalue weighted by molar-refractivity contribution is -0.276. The molecule has 0 bridgehead atoms. The summed E-state index contributed by atoms with van der Waals surface area (Å²) >= 11 is 0. The minimum absolute atomic E-state index is 0.262. The van der Waals surface area contributed by atoms with Gasteiger partial charge in [-0.05, 0) is 43.5 Å². The highest BCUT2D eigenvalue weighted by Gasteiger charge is 2.33. The summed E-state index contributed by atoms with van der Waals surface area (Å²) in [6, 6.07) is 2.63. The Kier molecular flexibility index (Phi) is 6.34. The van der Waals surface area contributed by atoms with Gasteiger partial charge in [0.1, 0.15) is 11.5 Å². The normalized spacial score (nSPS) is 12.3. The van der Waals surface area contributed by atoms with E-state index < -0.39 is 24.2 Å². The van der Waals surface area contributed by atoms with Crippen LogP contribution in [0.5, 0.6) is 11.5 Å². The van der Waals surface area contributed by atoms with Crippen molar-refractivity contribution in [2.75, 3.05) is 6.54 Å². The molecule has 0 fully saturated rings. The molecule has 2 N–H and O–H groups in total. The van der Waals surface area contributed by atoms with Crippen LogP contribution < -0.4 is 15.2 Å². The molecule has 0 atom stereocenters. The van der Waals surface area contributed by atoms with Crippen LogP contribution >= 0.6 is 0 Å². The van der Waals surface area contributed by atoms with Crippen molar-refractivity contribution in [2.24, 2.45) is 5.73 Å². The fraction of sp³-hybridized carbons (Fsp3) is 0.538. The monoisotopic (exact) mass is 331 g/mol. The maximum atomic E-state index is 12.2. The van der Waals surface area contributed by atoms with Crippen LogP contribution in [-0.2, 0) is 6.42 Å². The van der Waals surface area contributed by atoms with E-state index in [2.05, 4.69) is 9.47 Å². The summed E-state index contributed by atoms with van der Waals surface area (Å²) in [7, 11) is 0. The van der Waals surface area contributed by atoms with E-state index in [1.807, 2.05) is 0 Å². The van der Waals surface area contributed by atoms with E-state index >= 15 is 0 Å². The second kappa shape index (κ2) is 7.57. The molecule has 1 aromatic carbocycles. The highest BCUT2D eigenvalue weighted by atomic mass is 19.4. The number of hydrogen-bond donors (Lipinski definition) is 1. The molecule has 0 unspecified atom stereocenters. The third kappa shape index (κ3) is 7.96. The quantitative estimate of drug-likeness (QED) is 0.603. The van der Waals surface area contributed by atoms with Crippen molar-refractivity contribution >= 4 is 0 Å². The van der Waals surface area contributed by atoms with Crippen molar-refractivity contribution in [3.05, 3.63) is 23.8 Å². The summed E-state index contributed by atoms with van der Waals surface area (Å²) in [5.41, 5.74) is 5.57. The average molecular weight is 331 g/mol. The van der Waals surface area contributed by atoms with Crippen molar-refractivity contribution in [3.63, 3.8) is 0 Å². The van der Waals surface area contributed by atoms with E-state index in [9.17, 15) is 26.3 Å². The lowest BCUT2D eigenvalue weighted by Crippen LogP contribution is -2.19. The Hall–Kier alpha value is -1.64.